The average Bonchev–Trinajstić information content (AvgIpc) is 2.34. The Hall–Kier alpha value is -1.46. The molecule has 4 nitrogen and oxygen atoms in total. The lowest BCUT2D eigenvalue weighted by Gasteiger charge is -2.09. The molecule has 0 aliphatic heterocycles. The number of rotatable bonds is 4. The Kier molecular flexibility index (Phi) is 4.28. The zero-order chi connectivity index (χ0) is 13.0. The van der Waals surface area contributed by atoms with Crippen LogP contribution in [0.1, 0.15) is 11.4 Å². The van der Waals surface area contributed by atoms with Crippen LogP contribution in [0.15, 0.2) is 34.9 Å². The van der Waals surface area contributed by atoms with E-state index in [2.05, 4.69) is 50.3 Å². The van der Waals surface area contributed by atoms with Gasteiger partial charge in [-0.05, 0) is 53.2 Å². The molecule has 2 aromatic rings. The van der Waals surface area contributed by atoms with Crippen molar-refractivity contribution in [2.24, 2.45) is 5.73 Å². The Morgan fingerprint density at radius 2 is 2.17 bits per heavy atom. The van der Waals surface area contributed by atoms with Crippen LogP contribution in [0.5, 0.6) is 0 Å². The van der Waals surface area contributed by atoms with Crippen LogP contribution in [0, 0.1) is 6.92 Å². The Morgan fingerprint density at radius 3 is 2.89 bits per heavy atom. The fourth-order valence-corrected chi connectivity index (χ4v) is 2.17. The van der Waals surface area contributed by atoms with Gasteiger partial charge in [-0.1, -0.05) is 6.07 Å². The summed E-state index contributed by atoms with van der Waals surface area (Å²) in [4.78, 5) is 8.56. The summed E-state index contributed by atoms with van der Waals surface area (Å²) in [5.74, 6) is 1.53. The molecule has 0 unspecified atom stereocenters. The maximum atomic E-state index is 5.50. The van der Waals surface area contributed by atoms with Gasteiger partial charge >= 0.3 is 0 Å². The Labute approximate surface area is 115 Å². The third-order valence-electron chi connectivity index (χ3n) is 2.46. The predicted molar refractivity (Wildman–Crippen MR) is 77.0 cm³/mol. The van der Waals surface area contributed by atoms with Gasteiger partial charge in [-0.25, -0.2) is 9.97 Å². The Balaban J connectivity index is 2.20. The lowest BCUT2D eigenvalue weighted by molar-refractivity contribution is 0.869. The van der Waals surface area contributed by atoms with E-state index in [0.29, 0.717) is 13.0 Å². The van der Waals surface area contributed by atoms with E-state index in [1.54, 1.807) is 6.20 Å². The highest BCUT2D eigenvalue weighted by atomic mass is 79.9. The normalized spacial score (nSPS) is 10.4. The smallest absolute Gasteiger partial charge is 0.134 e. The summed E-state index contributed by atoms with van der Waals surface area (Å²) in [6.07, 6.45) is 2.42. The molecule has 0 aliphatic carbocycles. The number of hydrogen-bond donors (Lipinski definition) is 2. The number of halogens is 1. The molecule has 0 atom stereocenters. The molecule has 5 heteroatoms. The van der Waals surface area contributed by atoms with Gasteiger partial charge in [0.1, 0.15) is 11.6 Å². The number of nitrogens with zero attached hydrogens (tertiary/aromatic N) is 2. The van der Waals surface area contributed by atoms with Gasteiger partial charge in [-0.2, -0.15) is 0 Å². The molecule has 0 bridgehead atoms. The highest BCUT2D eigenvalue weighted by molar-refractivity contribution is 9.10. The number of nitrogens with one attached hydrogen (secondary N) is 1. The zero-order valence-electron chi connectivity index (χ0n) is 10.2. The van der Waals surface area contributed by atoms with Crippen molar-refractivity contribution in [1.82, 2.24) is 9.97 Å². The molecule has 18 heavy (non-hydrogen) atoms. The van der Waals surface area contributed by atoms with E-state index in [9.17, 15) is 0 Å². The number of benzene rings is 1. The molecule has 0 amide bonds. The minimum absolute atomic E-state index is 0.553. The molecule has 0 spiro atoms. The Bertz CT molecular complexity index is 542. The second kappa shape index (κ2) is 5.93. The highest BCUT2D eigenvalue weighted by Gasteiger charge is 2.03. The second-order valence-electron chi connectivity index (χ2n) is 4.01. The van der Waals surface area contributed by atoms with Gasteiger partial charge in [0.25, 0.3) is 0 Å². The maximum Gasteiger partial charge on any atom is 0.134 e. The third kappa shape index (κ3) is 3.27. The molecule has 94 valence electrons. The lowest BCUT2D eigenvalue weighted by Crippen LogP contribution is -2.07. The van der Waals surface area contributed by atoms with Crippen LogP contribution in [0.2, 0.25) is 0 Å². The molecular weight excluding hydrogens is 292 g/mol. The highest BCUT2D eigenvalue weighted by Crippen LogP contribution is 2.25. The fourth-order valence-electron chi connectivity index (χ4n) is 1.58. The minimum Gasteiger partial charge on any atom is -0.339 e. The molecular formula is C13H15BrN4. The molecule has 0 saturated heterocycles. The summed E-state index contributed by atoms with van der Waals surface area (Å²) in [5.41, 5.74) is 7.69. The SMILES string of the molecule is Cc1ccc(Nc2ccnc(CCN)n2)c(Br)c1. The second-order valence-corrected chi connectivity index (χ2v) is 4.86. The minimum atomic E-state index is 0.553. The molecule has 3 N–H and O–H groups in total. The maximum absolute atomic E-state index is 5.50. The van der Waals surface area contributed by atoms with Crippen molar-refractivity contribution in [1.29, 1.82) is 0 Å². The van der Waals surface area contributed by atoms with Crippen LogP contribution in [0.25, 0.3) is 0 Å². The Morgan fingerprint density at radius 1 is 1.33 bits per heavy atom. The molecule has 1 heterocycles. The molecule has 0 saturated carbocycles. The van der Waals surface area contributed by atoms with Gasteiger partial charge in [0, 0.05) is 17.1 Å². The topological polar surface area (TPSA) is 63.8 Å². The first-order valence-electron chi connectivity index (χ1n) is 5.74. The van der Waals surface area contributed by atoms with Crippen LogP contribution in [-0.2, 0) is 6.42 Å². The lowest BCUT2D eigenvalue weighted by atomic mass is 10.2. The van der Waals surface area contributed by atoms with E-state index in [4.69, 9.17) is 5.73 Å². The van der Waals surface area contributed by atoms with Crippen LogP contribution in [0.3, 0.4) is 0 Å². The van der Waals surface area contributed by atoms with Crippen molar-refractivity contribution in [3.8, 4) is 0 Å². The van der Waals surface area contributed by atoms with Gasteiger partial charge in [0.15, 0.2) is 0 Å². The summed E-state index contributed by atoms with van der Waals surface area (Å²) < 4.78 is 1.02. The molecule has 0 aliphatic rings. The van der Waals surface area contributed by atoms with E-state index in [0.717, 1.165) is 21.8 Å². The summed E-state index contributed by atoms with van der Waals surface area (Å²) >= 11 is 3.53. The van der Waals surface area contributed by atoms with Crippen molar-refractivity contribution in [3.05, 3.63) is 46.3 Å². The van der Waals surface area contributed by atoms with E-state index in [-0.39, 0.29) is 0 Å². The third-order valence-corrected chi connectivity index (χ3v) is 3.12. The molecule has 0 fully saturated rings. The first kappa shape index (κ1) is 13.0. The van der Waals surface area contributed by atoms with E-state index in [1.165, 1.54) is 5.56 Å². The summed E-state index contributed by atoms with van der Waals surface area (Å²) in [6.45, 7) is 2.61. The van der Waals surface area contributed by atoms with Gasteiger partial charge in [-0.3, -0.25) is 0 Å². The van der Waals surface area contributed by atoms with E-state index < -0.39 is 0 Å². The fraction of sp³-hybridized carbons (Fsp3) is 0.231. The van der Waals surface area contributed by atoms with Gasteiger partial charge in [0.05, 0.1) is 5.69 Å². The van der Waals surface area contributed by atoms with Crippen molar-refractivity contribution >= 4 is 27.4 Å². The van der Waals surface area contributed by atoms with Crippen molar-refractivity contribution in [2.75, 3.05) is 11.9 Å². The van der Waals surface area contributed by atoms with E-state index >= 15 is 0 Å². The first-order valence-corrected chi connectivity index (χ1v) is 6.53. The van der Waals surface area contributed by atoms with Crippen LogP contribution >= 0.6 is 15.9 Å². The summed E-state index contributed by atoms with van der Waals surface area (Å²) in [5, 5.41) is 3.26. The molecule has 1 aromatic carbocycles. The van der Waals surface area contributed by atoms with E-state index in [1.807, 2.05) is 12.1 Å². The number of aromatic nitrogens is 2. The number of hydrogen-bond acceptors (Lipinski definition) is 4. The number of aryl methyl sites for hydroxylation is 1. The molecule has 1 aromatic heterocycles. The van der Waals surface area contributed by atoms with Gasteiger partial charge < -0.3 is 11.1 Å². The first-order chi connectivity index (χ1) is 8.69. The van der Waals surface area contributed by atoms with Crippen molar-refractivity contribution in [3.63, 3.8) is 0 Å². The molecule has 2 rings (SSSR count). The number of nitrogens with two attached hydrogens (primary N) is 1. The average molecular weight is 307 g/mol. The molecule has 0 radical (unpaired) electrons. The van der Waals surface area contributed by atoms with Gasteiger partial charge in [-0.15, -0.1) is 0 Å². The summed E-state index contributed by atoms with van der Waals surface area (Å²) in [7, 11) is 0. The van der Waals surface area contributed by atoms with Crippen LogP contribution in [0.4, 0.5) is 11.5 Å². The monoisotopic (exact) mass is 306 g/mol. The zero-order valence-corrected chi connectivity index (χ0v) is 11.7. The van der Waals surface area contributed by atoms with Crippen LogP contribution < -0.4 is 11.1 Å². The standard InChI is InChI=1S/C13H15BrN4/c1-9-2-3-11(10(14)8-9)17-13-5-7-16-12(18-13)4-6-15/h2-3,5,7-8H,4,6,15H2,1H3,(H,16,17,18). The predicted octanol–water partition coefficient (Wildman–Crippen LogP) is 2.79. The quantitative estimate of drug-likeness (QED) is 0.911. The van der Waals surface area contributed by atoms with Crippen molar-refractivity contribution in [2.45, 2.75) is 13.3 Å². The van der Waals surface area contributed by atoms with Crippen molar-refractivity contribution < 1.29 is 0 Å². The number of anilines is 2. The van der Waals surface area contributed by atoms with Gasteiger partial charge in [0.2, 0.25) is 0 Å². The summed E-state index contributed by atoms with van der Waals surface area (Å²) in [6, 6.07) is 7.97. The van der Waals surface area contributed by atoms with Crippen LogP contribution in [-0.4, -0.2) is 16.5 Å². The largest absolute Gasteiger partial charge is 0.339 e.